The number of amides is 3. The average Bonchev–Trinajstić information content (AvgIpc) is 2.99. The lowest BCUT2D eigenvalue weighted by molar-refractivity contribution is -0.119. The Morgan fingerprint density at radius 2 is 1.47 bits per heavy atom. The van der Waals surface area contributed by atoms with E-state index >= 15 is 0 Å². The summed E-state index contributed by atoms with van der Waals surface area (Å²) >= 11 is 0. The molecule has 0 aliphatic rings. The summed E-state index contributed by atoms with van der Waals surface area (Å²) in [7, 11) is 2.93. The number of unbranched alkanes of at least 4 members (excludes halogenated alkanes) is 1. The van der Waals surface area contributed by atoms with Crippen molar-refractivity contribution in [3.05, 3.63) is 47.5 Å². The molecule has 0 bridgehead atoms. The molecular weight excluding hydrogens is 554 g/mol. The number of nitrogens with zero attached hydrogens (tertiary/aromatic N) is 1. The summed E-state index contributed by atoms with van der Waals surface area (Å²) in [6.07, 6.45) is 2.56. The molecule has 0 spiro atoms. The number of carbonyl (C=O) groups excluding carboxylic acids is 4. The minimum absolute atomic E-state index is 0.0180. The van der Waals surface area contributed by atoms with Crippen LogP contribution < -0.4 is 42.6 Å². The number of carbonyl (C=O) groups is 4. The van der Waals surface area contributed by atoms with E-state index in [1.54, 1.807) is 30.3 Å². The fraction of sp³-hybridized carbons (Fsp3) is 0.433. The van der Waals surface area contributed by atoms with Crippen molar-refractivity contribution in [1.29, 1.82) is 0 Å². The molecule has 0 heterocycles. The molecule has 43 heavy (non-hydrogen) atoms. The maximum absolute atomic E-state index is 13.0. The van der Waals surface area contributed by atoms with Gasteiger partial charge in [0.1, 0.15) is 11.5 Å². The molecule has 234 valence electrons. The first-order valence-electron chi connectivity index (χ1n) is 14.1. The Morgan fingerprint density at radius 1 is 0.860 bits per heavy atom. The van der Waals surface area contributed by atoms with Crippen LogP contribution in [0.4, 0.5) is 11.4 Å². The number of anilines is 2. The molecule has 9 N–H and O–H groups in total. The lowest BCUT2D eigenvalue weighted by Crippen LogP contribution is -2.29. The smallest absolute Gasteiger partial charge is 0.255 e. The first-order valence-corrected chi connectivity index (χ1v) is 14.1. The average molecular weight is 598 g/mol. The van der Waals surface area contributed by atoms with E-state index in [4.69, 9.17) is 26.7 Å². The molecule has 2 aromatic carbocycles. The van der Waals surface area contributed by atoms with Gasteiger partial charge in [0, 0.05) is 49.8 Å². The predicted molar refractivity (Wildman–Crippen MR) is 167 cm³/mol. The number of Topliss-reactive ketones (excluding diaryl/α,β-unsaturated/α-hetero) is 1. The number of nitrogens with two attached hydrogens (primary N) is 3. The standard InChI is InChI=1S/C30H43N7O6/c1-19(7-6-15-35-30(32)33)28(40)37-21-11-12-25(42-2)22(17-21)24(38)8-4-5-9-27(39)36-20-10-13-26(43-3)23(18-20)29(41)34-16-14-31/h10-13,17-19H,4-9,14-16,31H2,1-3H3,(H,34,41)(H,36,39)(H,37,40)(H4,32,33,35)/t19-/m1/s1. The fourth-order valence-electron chi connectivity index (χ4n) is 4.18. The Bertz CT molecular complexity index is 1290. The molecule has 3 amide bonds. The van der Waals surface area contributed by atoms with Crippen molar-refractivity contribution in [2.24, 2.45) is 28.1 Å². The van der Waals surface area contributed by atoms with Crippen molar-refractivity contribution in [3.8, 4) is 11.5 Å². The van der Waals surface area contributed by atoms with Crippen LogP contribution in [0, 0.1) is 5.92 Å². The molecule has 1 atom stereocenters. The highest BCUT2D eigenvalue weighted by Gasteiger charge is 2.18. The van der Waals surface area contributed by atoms with Gasteiger partial charge in [-0.1, -0.05) is 6.92 Å². The topological polar surface area (TPSA) is 213 Å². The van der Waals surface area contributed by atoms with Crippen LogP contribution >= 0.6 is 0 Å². The number of methoxy groups -OCH3 is 2. The first-order chi connectivity index (χ1) is 20.6. The second kappa shape index (κ2) is 18.0. The van der Waals surface area contributed by atoms with Gasteiger partial charge < -0.3 is 42.6 Å². The van der Waals surface area contributed by atoms with Gasteiger partial charge in [0.2, 0.25) is 11.8 Å². The molecule has 13 heteroatoms. The summed E-state index contributed by atoms with van der Waals surface area (Å²) in [5.74, 6) is -0.438. The number of ether oxygens (including phenoxy) is 2. The van der Waals surface area contributed by atoms with Crippen LogP contribution in [0.15, 0.2) is 41.4 Å². The monoisotopic (exact) mass is 597 g/mol. The van der Waals surface area contributed by atoms with Crippen LogP contribution in [0.5, 0.6) is 11.5 Å². The summed E-state index contributed by atoms with van der Waals surface area (Å²) in [6, 6.07) is 9.70. The van der Waals surface area contributed by atoms with Crippen molar-refractivity contribution < 1.29 is 28.7 Å². The van der Waals surface area contributed by atoms with Gasteiger partial charge in [0.25, 0.3) is 5.91 Å². The second-order valence-electron chi connectivity index (χ2n) is 9.89. The lowest BCUT2D eigenvalue weighted by atomic mass is 10.0. The van der Waals surface area contributed by atoms with Crippen molar-refractivity contribution >= 4 is 40.8 Å². The van der Waals surface area contributed by atoms with Gasteiger partial charge in [-0.15, -0.1) is 0 Å². The van der Waals surface area contributed by atoms with Gasteiger partial charge in [-0.2, -0.15) is 0 Å². The quantitative estimate of drug-likeness (QED) is 0.0643. The molecule has 0 saturated heterocycles. The molecule has 0 radical (unpaired) electrons. The molecule has 2 aromatic rings. The third-order valence-electron chi connectivity index (χ3n) is 6.52. The van der Waals surface area contributed by atoms with E-state index in [-0.39, 0.29) is 53.8 Å². The predicted octanol–water partition coefficient (Wildman–Crippen LogP) is 2.40. The van der Waals surface area contributed by atoms with Crippen LogP contribution in [-0.2, 0) is 9.59 Å². The highest BCUT2D eigenvalue weighted by atomic mass is 16.5. The minimum Gasteiger partial charge on any atom is -0.496 e. The molecular formula is C30H43N7O6. The Balaban J connectivity index is 1.89. The first kappa shape index (κ1) is 34.6. The SMILES string of the molecule is COc1ccc(NC(=O)[C@H](C)CCCN=C(N)N)cc1C(=O)CCCCC(=O)Nc1ccc(OC)c(C(=O)NCCN)c1. The Morgan fingerprint density at radius 3 is 2.09 bits per heavy atom. The van der Waals surface area contributed by atoms with Crippen molar-refractivity contribution in [2.45, 2.75) is 45.4 Å². The van der Waals surface area contributed by atoms with Crippen molar-refractivity contribution in [3.63, 3.8) is 0 Å². The fourth-order valence-corrected chi connectivity index (χ4v) is 4.18. The number of ketones is 1. The van der Waals surface area contributed by atoms with E-state index in [1.807, 2.05) is 6.92 Å². The summed E-state index contributed by atoms with van der Waals surface area (Å²) in [5.41, 5.74) is 17.7. The third-order valence-corrected chi connectivity index (χ3v) is 6.52. The summed E-state index contributed by atoms with van der Waals surface area (Å²) in [4.78, 5) is 54.5. The second-order valence-corrected chi connectivity index (χ2v) is 9.89. The van der Waals surface area contributed by atoms with Crippen LogP contribution in [0.25, 0.3) is 0 Å². The molecule has 0 fully saturated rings. The lowest BCUT2D eigenvalue weighted by Gasteiger charge is -2.14. The van der Waals surface area contributed by atoms with E-state index in [0.29, 0.717) is 73.8 Å². The Hall–Kier alpha value is -4.65. The number of nitrogens with one attached hydrogen (secondary N) is 3. The summed E-state index contributed by atoms with van der Waals surface area (Å²) in [6.45, 7) is 2.86. The summed E-state index contributed by atoms with van der Waals surface area (Å²) in [5, 5.41) is 8.30. The van der Waals surface area contributed by atoms with E-state index < -0.39 is 0 Å². The largest absolute Gasteiger partial charge is 0.496 e. The van der Waals surface area contributed by atoms with Crippen LogP contribution in [0.2, 0.25) is 0 Å². The normalized spacial score (nSPS) is 11.2. The van der Waals surface area contributed by atoms with Crippen LogP contribution in [-0.4, -0.2) is 63.3 Å². The van der Waals surface area contributed by atoms with Gasteiger partial charge in [0.05, 0.1) is 25.3 Å². The Labute approximate surface area is 251 Å². The van der Waals surface area contributed by atoms with Gasteiger partial charge in [0.15, 0.2) is 11.7 Å². The van der Waals surface area contributed by atoms with Crippen LogP contribution in [0.3, 0.4) is 0 Å². The van der Waals surface area contributed by atoms with Crippen molar-refractivity contribution in [2.75, 3.05) is 44.5 Å². The number of aliphatic imine (C=N–C) groups is 1. The van der Waals surface area contributed by atoms with E-state index in [0.717, 1.165) is 0 Å². The van der Waals surface area contributed by atoms with E-state index in [2.05, 4.69) is 20.9 Å². The minimum atomic E-state index is -0.356. The number of guanidine groups is 1. The molecule has 0 aromatic heterocycles. The van der Waals surface area contributed by atoms with Crippen molar-refractivity contribution in [1.82, 2.24) is 5.32 Å². The number of rotatable bonds is 18. The third kappa shape index (κ3) is 11.6. The van der Waals surface area contributed by atoms with Crippen LogP contribution in [0.1, 0.15) is 66.2 Å². The highest BCUT2D eigenvalue weighted by Crippen LogP contribution is 2.26. The molecule has 0 unspecified atom stereocenters. The van der Waals surface area contributed by atoms with E-state index in [9.17, 15) is 19.2 Å². The van der Waals surface area contributed by atoms with E-state index in [1.165, 1.54) is 20.3 Å². The highest BCUT2D eigenvalue weighted by molar-refractivity contribution is 6.01. The van der Waals surface area contributed by atoms with Gasteiger partial charge >= 0.3 is 0 Å². The zero-order chi connectivity index (χ0) is 31.8. The Kier molecular flexibility index (Phi) is 14.5. The van der Waals surface area contributed by atoms with Gasteiger partial charge in [-0.3, -0.25) is 24.2 Å². The summed E-state index contributed by atoms with van der Waals surface area (Å²) < 4.78 is 10.6. The number of hydrogen-bond donors (Lipinski definition) is 6. The molecule has 0 aliphatic heterocycles. The van der Waals surface area contributed by atoms with Gasteiger partial charge in [-0.25, -0.2) is 0 Å². The number of benzene rings is 2. The molecule has 2 rings (SSSR count). The van der Waals surface area contributed by atoms with Gasteiger partial charge in [-0.05, 0) is 62.1 Å². The molecule has 0 aliphatic carbocycles. The molecule has 13 nitrogen and oxygen atoms in total. The maximum Gasteiger partial charge on any atom is 0.255 e. The maximum atomic E-state index is 13.0. The zero-order valence-corrected chi connectivity index (χ0v) is 25.0. The molecule has 0 saturated carbocycles. The number of hydrogen-bond acceptors (Lipinski definition) is 8. The zero-order valence-electron chi connectivity index (χ0n) is 25.0.